The van der Waals surface area contributed by atoms with Gasteiger partial charge in [0.15, 0.2) is 5.75 Å². The van der Waals surface area contributed by atoms with Crippen LogP contribution in [0, 0.1) is 10.1 Å². The Morgan fingerprint density at radius 3 is 2.41 bits per heavy atom. The Morgan fingerprint density at radius 2 is 1.76 bits per heavy atom. The average Bonchev–Trinajstić information content (AvgIpc) is 2.33. The molecule has 2 aromatic rings. The molecule has 0 unspecified atom stereocenters. The van der Waals surface area contributed by atoms with Crippen molar-refractivity contribution in [2.75, 3.05) is 0 Å². The fourth-order valence-corrected chi connectivity index (χ4v) is 1.31. The number of hydrogen-bond acceptors (Lipinski definition) is 3. The molecule has 1 radical (unpaired) electrons. The van der Waals surface area contributed by atoms with Gasteiger partial charge in [0.25, 0.3) is 5.69 Å². The number of nitro benzene ring substituents is 1. The summed E-state index contributed by atoms with van der Waals surface area (Å²) in [5.41, 5.74) is -0.171. The average molecular weight is 230 g/mol. The van der Waals surface area contributed by atoms with Crippen LogP contribution in [0.5, 0.6) is 17.2 Å². The van der Waals surface area contributed by atoms with E-state index in [2.05, 4.69) is 0 Å². The predicted molar refractivity (Wildman–Crippen MR) is 59.7 cm³/mol. The Kier molecular flexibility index (Phi) is 2.91. The zero-order valence-corrected chi connectivity index (χ0v) is 8.70. The van der Waals surface area contributed by atoms with E-state index < -0.39 is 4.92 Å². The summed E-state index contributed by atoms with van der Waals surface area (Å²) < 4.78 is 5.28. The first-order chi connectivity index (χ1) is 8.16. The van der Waals surface area contributed by atoms with E-state index in [0.29, 0.717) is 5.75 Å². The lowest BCUT2D eigenvalue weighted by Crippen LogP contribution is -1.89. The van der Waals surface area contributed by atoms with Crippen molar-refractivity contribution in [3.63, 3.8) is 0 Å². The highest BCUT2D eigenvalue weighted by Gasteiger charge is 2.13. The molecule has 0 amide bonds. The Bertz CT molecular complexity index is 539. The summed E-state index contributed by atoms with van der Waals surface area (Å²) in [5, 5.41) is 22.0. The fourth-order valence-electron chi connectivity index (χ4n) is 1.31. The first kappa shape index (κ1) is 10.9. The summed E-state index contributed by atoms with van der Waals surface area (Å²) in [6.07, 6.45) is 0. The smallest absolute Gasteiger partial charge is 0.273 e. The third kappa shape index (κ3) is 2.52. The van der Waals surface area contributed by atoms with Gasteiger partial charge in [0, 0.05) is 6.07 Å². The molecule has 0 atom stereocenters. The van der Waals surface area contributed by atoms with E-state index in [1.165, 1.54) is 0 Å². The topological polar surface area (TPSA) is 72.3 Å². The minimum absolute atomic E-state index is 0.0506. The summed E-state index contributed by atoms with van der Waals surface area (Å²) in [5.74, 6) is 0.0231. The van der Waals surface area contributed by atoms with Crippen molar-refractivity contribution >= 4 is 5.69 Å². The van der Waals surface area contributed by atoms with Gasteiger partial charge in [-0.15, -0.1) is 0 Å². The number of nitro groups is 1. The number of ether oxygens (including phenoxy) is 1. The van der Waals surface area contributed by atoms with Crippen molar-refractivity contribution < 1.29 is 14.8 Å². The Balaban J connectivity index is 2.32. The molecule has 2 rings (SSSR count). The van der Waals surface area contributed by atoms with E-state index in [4.69, 9.17) is 4.74 Å². The third-order valence-electron chi connectivity index (χ3n) is 2.11. The van der Waals surface area contributed by atoms with Crippen LogP contribution in [-0.4, -0.2) is 4.92 Å². The maximum atomic E-state index is 11.5. The summed E-state index contributed by atoms with van der Waals surface area (Å²) in [6.45, 7) is 0. The van der Waals surface area contributed by atoms with Crippen molar-refractivity contribution in [3.05, 3.63) is 58.6 Å². The van der Waals surface area contributed by atoms with Crippen LogP contribution in [0.2, 0.25) is 0 Å². The van der Waals surface area contributed by atoms with Gasteiger partial charge >= 0.3 is 0 Å². The van der Waals surface area contributed by atoms with Gasteiger partial charge in [0.2, 0.25) is 5.75 Å². The quantitative estimate of drug-likeness (QED) is 0.598. The maximum Gasteiger partial charge on any atom is 0.273 e. The van der Waals surface area contributed by atoms with Crippen molar-refractivity contribution in [1.29, 1.82) is 0 Å². The van der Waals surface area contributed by atoms with Crippen molar-refractivity contribution in [2.24, 2.45) is 0 Å². The van der Waals surface area contributed by atoms with Crippen LogP contribution < -0.4 is 4.74 Å². The van der Waals surface area contributed by atoms with Gasteiger partial charge in [0.1, 0.15) is 5.75 Å². The minimum Gasteiger partial charge on any atom is -0.453 e. The first-order valence-electron chi connectivity index (χ1n) is 4.85. The highest BCUT2D eigenvalue weighted by Crippen LogP contribution is 2.34. The molecule has 5 heteroatoms. The number of nitrogens with zero attached hydrogens (tertiary/aromatic N) is 1. The number of para-hydroxylation sites is 1. The van der Waals surface area contributed by atoms with Crippen molar-refractivity contribution in [1.82, 2.24) is 0 Å². The van der Waals surface area contributed by atoms with Gasteiger partial charge in [-0.25, -0.2) is 0 Å². The lowest BCUT2D eigenvalue weighted by molar-refractivity contribution is -0.384. The van der Waals surface area contributed by atoms with E-state index >= 15 is 0 Å². The van der Waals surface area contributed by atoms with E-state index in [9.17, 15) is 15.2 Å². The first-order valence-corrected chi connectivity index (χ1v) is 4.85. The molecule has 0 aliphatic carbocycles. The molecule has 5 nitrogen and oxygen atoms in total. The molecule has 0 saturated carbocycles. The SMILES string of the molecule is [O]c1ccc([N+](=O)[O-])cc1Oc1ccccc1. The molecular weight excluding hydrogens is 222 g/mol. The summed E-state index contributed by atoms with van der Waals surface area (Å²) in [7, 11) is 0. The molecule has 2 aromatic carbocycles. The Morgan fingerprint density at radius 1 is 1.06 bits per heavy atom. The van der Waals surface area contributed by atoms with E-state index in [-0.39, 0.29) is 17.2 Å². The maximum absolute atomic E-state index is 11.5. The molecule has 0 aromatic heterocycles. The standard InChI is InChI=1S/C12H8NO4/c14-11-7-6-9(13(15)16)8-12(11)17-10-4-2-1-3-5-10/h1-8H. The lowest BCUT2D eigenvalue weighted by Gasteiger charge is -2.05. The van der Waals surface area contributed by atoms with Crippen LogP contribution in [0.25, 0.3) is 0 Å². The van der Waals surface area contributed by atoms with Crippen LogP contribution in [0.4, 0.5) is 5.69 Å². The molecule has 0 fully saturated rings. The minimum atomic E-state index is -0.572. The zero-order chi connectivity index (χ0) is 12.3. The van der Waals surface area contributed by atoms with Gasteiger partial charge < -0.3 is 4.74 Å². The van der Waals surface area contributed by atoms with Gasteiger partial charge in [-0.2, -0.15) is 0 Å². The molecular formula is C12H8NO4. The van der Waals surface area contributed by atoms with Crippen LogP contribution in [0.1, 0.15) is 0 Å². The predicted octanol–water partition coefficient (Wildman–Crippen LogP) is 3.53. The normalized spacial score (nSPS) is 9.88. The van der Waals surface area contributed by atoms with Gasteiger partial charge in [-0.05, 0) is 18.2 Å². The summed E-state index contributed by atoms with van der Waals surface area (Å²) in [4.78, 5) is 9.99. The molecule has 0 spiro atoms. The second kappa shape index (κ2) is 4.52. The highest BCUT2D eigenvalue weighted by molar-refractivity contribution is 5.49. The van der Waals surface area contributed by atoms with Crippen molar-refractivity contribution in [2.45, 2.75) is 0 Å². The Labute approximate surface area is 97.0 Å². The largest absolute Gasteiger partial charge is 0.453 e. The number of hydrogen-bond donors (Lipinski definition) is 0. The zero-order valence-electron chi connectivity index (χ0n) is 8.70. The second-order valence-electron chi connectivity index (χ2n) is 3.30. The van der Waals surface area contributed by atoms with Gasteiger partial charge in [0.05, 0.1) is 11.0 Å². The number of benzene rings is 2. The van der Waals surface area contributed by atoms with E-state index in [1.807, 2.05) is 0 Å². The van der Waals surface area contributed by atoms with Crippen LogP contribution in [0.3, 0.4) is 0 Å². The molecule has 0 heterocycles. The molecule has 0 bridgehead atoms. The Hall–Kier alpha value is -2.56. The lowest BCUT2D eigenvalue weighted by atomic mass is 10.3. The highest BCUT2D eigenvalue weighted by atomic mass is 16.6. The summed E-state index contributed by atoms with van der Waals surface area (Å²) >= 11 is 0. The number of rotatable bonds is 3. The summed E-state index contributed by atoms with van der Waals surface area (Å²) in [6, 6.07) is 12.0. The van der Waals surface area contributed by atoms with E-state index in [1.54, 1.807) is 30.3 Å². The molecule has 17 heavy (non-hydrogen) atoms. The third-order valence-corrected chi connectivity index (χ3v) is 2.11. The molecule has 0 aliphatic rings. The molecule has 0 aliphatic heterocycles. The fraction of sp³-hybridized carbons (Fsp3) is 0. The second-order valence-corrected chi connectivity index (χ2v) is 3.30. The monoisotopic (exact) mass is 230 g/mol. The van der Waals surface area contributed by atoms with Crippen molar-refractivity contribution in [3.8, 4) is 17.2 Å². The van der Waals surface area contributed by atoms with Gasteiger partial charge in [-0.1, -0.05) is 18.2 Å². The van der Waals surface area contributed by atoms with Crippen LogP contribution >= 0.6 is 0 Å². The number of non-ortho nitro benzene ring substituents is 1. The van der Waals surface area contributed by atoms with Crippen LogP contribution in [0.15, 0.2) is 48.5 Å². The molecule has 0 N–H and O–H groups in total. The van der Waals surface area contributed by atoms with E-state index in [0.717, 1.165) is 18.2 Å². The van der Waals surface area contributed by atoms with Gasteiger partial charge in [-0.3, -0.25) is 15.2 Å². The van der Waals surface area contributed by atoms with Crippen LogP contribution in [-0.2, 0) is 5.11 Å². The molecule has 0 saturated heterocycles. The molecule has 85 valence electrons.